The highest BCUT2D eigenvalue weighted by atomic mass is 32.2. The second-order valence-electron chi connectivity index (χ2n) is 6.95. The number of sulfonamides is 1. The highest BCUT2D eigenvalue weighted by Gasteiger charge is 2.23. The molecule has 0 spiro atoms. The molecule has 0 aliphatic heterocycles. The van der Waals surface area contributed by atoms with Crippen LogP contribution in [-0.2, 0) is 14.8 Å². The Morgan fingerprint density at radius 2 is 1.80 bits per heavy atom. The second-order valence-corrected chi connectivity index (χ2v) is 8.86. The van der Waals surface area contributed by atoms with Crippen molar-refractivity contribution >= 4 is 21.6 Å². The summed E-state index contributed by atoms with van der Waals surface area (Å²) in [5, 5.41) is 2.94. The van der Waals surface area contributed by atoms with E-state index < -0.39 is 10.0 Å². The number of carbonyl (C=O) groups excluding carboxylic acids is 1. The zero-order valence-electron chi connectivity index (χ0n) is 18.1. The van der Waals surface area contributed by atoms with Crippen molar-refractivity contribution in [2.45, 2.75) is 33.2 Å². The molecule has 2 aromatic carbocycles. The molecule has 0 aliphatic carbocycles. The van der Waals surface area contributed by atoms with Crippen LogP contribution in [0.1, 0.15) is 37.4 Å². The summed E-state index contributed by atoms with van der Waals surface area (Å²) in [5.41, 5.74) is 2.32. The summed E-state index contributed by atoms with van der Waals surface area (Å²) < 4.78 is 36.4. The highest BCUT2D eigenvalue weighted by Crippen LogP contribution is 2.25. The number of nitrogens with one attached hydrogen (secondary N) is 1. The fourth-order valence-electron chi connectivity index (χ4n) is 3.19. The number of benzene rings is 2. The van der Waals surface area contributed by atoms with E-state index in [1.165, 1.54) is 0 Å². The van der Waals surface area contributed by atoms with Gasteiger partial charge in [-0.1, -0.05) is 19.1 Å². The van der Waals surface area contributed by atoms with E-state index in [1.54, 1.807) is 31.4 Å². The molecule has 0 heterocycles. The van der Waals surface area contributed by atoms with Gasteiger partial charge in [-0.3, -0.25) is 9.10 Å². The molecule has 1 atom stereocenters. The molecule has 8 heteroatoms. The number of methoxy groups -OCH3 is 1. The SMILES string of the molecule is CCOc1ccc(N(CC(=O)N[C@H](CC)c2ccc(OC)c(C)c2)S(C)(=O)=O)cc1. The van der Waals surface area contributed by atoms with E-state index in [1.807, 2.05) is 39.0 Å². The maximum absolute atomic E-state index is 12.7. The fourth-order valence-corrected chi connectivity index (χ4v) is 4.04. The Hall–Kier alpha value is -2.74. The van der Waals surface area contributed by atoms with Gasteiger partial charge in [0.05, 0.1) is 31.7 Å². The van der Waals surface area contributed by atoms with E-state index in [-0.39, 0.29) is 18.5 Å². The summed E-state index contributed by atoms with van der Waals surface area (Å²) in [6.07, 6.45) is 1.75. The number of carbonyl (C=O) groups is 1. The first-order chi connectivity index (χ1) is 14.2. The lowest BCUT2D eigenvalue weighted by Gasteiger charge is -2.24. The summed E-state index contributed by atoms with van der Waals surface area (Å²) in [5.74, 6) is 1.04. The molecule has 0 aromatic heterocycles. The Bertz CT molecular complexity index is 958. The van der Waals surface area contributed by atoms with Gasteiger partial charge in [0.1, 0.15) is 18.0 Å². The van der Waals surface area contributed by atoms with Gasteiger partial charge in [0.15, 0.2) is 0 Å². The average molecular weight is 435 g/mol. The van der Waals surface area contributed by atoms with Crippen molar-refractivity contribution in [1.29, 1.82) is 0 Å². The van der Waals surface area contributed by atoms with Crippen LogP contribution in [0.5, 0.6) is 11.5 Å². The van der Waals surface area contributed by atoms with Gasteiger partial charge in [0, 0.05) is 0 Å². The summed E-state index contributed by atoms with van der Waals surface area (Å²) >= 11 is 0. The summed E-state index contributed by atoms with van der Waals surface area (Å²) in [4.78, 5) is 12.7. The van der Waals surface area contributed by atoms with Gasteiger partial charge in [-0.25, -0.2) is 8.42 Å². The van der Waals surface area contributed by atoms with Crippen molar-refractivity contribution in [3.63, 3.8) is 0 Å². The van der Waals surface area contributed by atoms with Gasteiger partial charge in [0.25, 0.3) is 0 Å². The van der Waals surface area contributed by atoms with Crippen LogP contribution in [0, 0.1) is 6.92 Å². The van der Waals surface area contributed by atoms with Crippen molar-refractivity contribution in [2.75, 3.05) is 30.8 Å². The number of ether oxygens (including phenoxy) is 2. The zero-order valence-corrected chi connectivity index (χ0v) is 19.0. The van der Waals surface area contributed by atoms with E-state index >= 15 is 0 Å². The average Bonchev–Trinajstić information content (AvgIpc) is 2.70. The van der Waals surface area contributed by atoms with Crippen molar-refractivity contribution in [1.82, 2.24) is 5.32 Å². The Kier molecular flexibility index (Phi) is 8.11. The first-order valence-corrected chi connectivity index (χ1v) is 11.7. The first-order valence-electron chi connectivity index (χ1n) is 9.84. The first kappa shape index (κ1) is 23.5. The molecule has 1 amide bonds. The number of hydrogen-bond donors (Lipinski definition) is 1. The van der Waals surface area contributed by atoms with Crippen LogP contribution in [0.25, 0.3) is 0 Å². The Labute approximate surface area is 179 Å². The van der Waals surface area contributed by atoms with Crippen LogP contribution in [0.4, 0.5) is 5.69 Å². The third-order valence-electron chi connectivity index (χ3n) is 4.69. The largest absolute Gasteiger partial charge is 0.496 e. The van der Waals surface area contributed by atoms with Gasteiger partial charge >= 0.3 is 0 Å². The standard InChI is InChI=1S/C22H30N2O5S/c1-6-20(17-8-13-21(28-4)16(3)14-17)23-22(25)15-24(30(5,26)27)18-9-11-19(12-10-18)29-7-2/h8-14,20H,6-7,15H2,1-5H3,(H,23,25)/t20-/m1/s1. The van der Waals surface area contributed by atoms with Crippen LogP contribution in [0.3, 0.4) is 0 Å². The molecular formula is C22H30N2O5S. The van der Waals surface area contributed by atoms with E-state index in [2.05, 4.69) is 5.32 Å². The van der Waals surface area contributed by atoms with E-state index in [0.29, 0.717) is 24.5 Å². The van der Waals surface area contributed by atoms with E-state index in [4.69, 9.17) is 9.47 Å². The molecule has 0 unspecified atom stereocenters. The van der Waals surface area contributed by atoms with E-state index in [0.717, 1.165) is 27.4 Å². The van der Waals surface area contributed by atoms with E-state index in [9.17, 15) is 13.2 Å². The maximum atomic E-state index is 12.7. The third-order valence-corrected chi connectivity index (χ3v) is 5.83. The topological polar surface area (TPSA) is 84.9 Å². The van der Waals surface area contributed by atoms with Crippen LogP contribution < -0.4 is 19.1 Å². The quantitative estimate of drug-likeness (QED) is 0.619. The third kappa shape index (κ3) is 6.13. The monoisotopic (exact) mass is 434 g/mol. The van der Waals surface area contributed by atoms with Crippen LogP contribution >= 0.6 is 0 Å². The Morgan fingerprint density at radius 1 is 1.13 bits per heavy atom. The van der Waals surface area contributed by atoms with Gasteiger partial charge in [0.2, 0.25) is 15.9 Å². The van der Waals surface area contributed by atoms with Crippen molar-refractivity contribution in [3.05, 3.63) is 53.6 Å². The van der Waals surface area contributed by atoms with Crippen LogP contribution in [0.15, 0.2) is 42.5 Å². The van der Waals surface area contributed by atoms with Crippen molar-refractivity contribution < 1.29 is 22.7 Å². The molecular weight excluding hydrogens is 404 g/mol. The number of aryl methyl sites for hydroxylation is 1. The highest BCUT2D eigenvalue weighted by molar-refractivity contribution is 7.92. The zero-order chi connectivity index (χ0) is 22.3. The summed E-state index contributed by atoms with van der Waals surface area (Å²) in [6.45, 7) is 5.98. The number of rotatable bonds is 10. The molecule has 2 aromatic rings. The van der Waals surface area contributed by atoms with Gasteiger partial charge in [-0.2, -0.15) is 0 Å². The van der Waals surface area contributed by atoms with Crippen LogP contribution in [0.2, 0.25) is 0 Å². The maximum Gasteiger partial charge on any atom is 0.241 e. The fraction of sp³-hybridized carbons (Fsp3) is 0.409. The molecule has 0 aliphatic rings. The van der Waals surface area contributed by atoms with Gasteiger partial charge in [-0.05, 0) is 61.7 Å². The second kappa shape index (κ2) is 10.3. The minimum Gasteiger partial charge on any atom is -0.496 e. The predicted molar refractivity (Wildman–Crippen MR) is 119 cm³/mol. The summed E-state index contributed by atoms with van der Waals surface area (Å²) in [7, 11) is -2.03. The Balaban J connectivity index is 2.17. The molecule has 0 saturated heterocycles. The molecule has 0 radical (unpaired) electrons. The van der Waals surface area contributed by atoms with Crippen molar-refractivity contribution in [2.24, 2.45) is 0 Å². The molecule has 0 fully saturated rings. The lowest BCUT2D eigenvalue weighted by atomic mass is 10.0. The molecule has 0 saturated carbocycles. The number of amides is 1. The molecule has 2 rings (SSSR count). The smallest absolute Gasteiger partial charge is 0.241 e. The lowest BCUT2D eigenvalue weighted by Crippen LogP contribution is -2.41. The molecule has 30 heavy (non-hydrogen) atoms. The number of nitrogens with zero attached hydrogens (tertiary/aromatic N) is 1. The van der Waals surface area contributed by atoms with Gasteiger partial charge < -0.3 is 14.8 Å². The normalized spacial score (nSPS) is 12.2. The van der Waals surface area contributed by atoms with Crippen molar-refractivity contribution in [3.8, 4) is 11.5 Å². The van der Waals surface area contributed by atoms with Gasteiger partial charge in [-0.15, -0.1) is 0 Å². The Morgan fingerprint density at radius 3 is 2.30 bits per heavy atom. The minimum absolute atomic E-state index is 0.233. The van der Waals surface area contributed by atoms with Crippen LogP contribution in [-0.4, -0.2) is 40.8 Å². The lowest BCUT2D eigenvalue weighted by molar-refractivity contribution is -0.120. The minimum atomic E-state index is -3.65. The summed E-state index contributed by atoms with van der Waals surface area (Å²) in [6, 6.07) is 12.1. The molecule has 164 valence electrons. The molecule has 0 bridgehead atoms. The molecule has 7 nitrogen and oxygen atoms in total. The number of hydrogen-bond acceptors (Lipinski definition) is 5. The number of anilines is 1. The molecule has 1 N–H and O–H groups in total. The predicted octanol–water partition coefficient (Wildman–Crippen LogP) is 3.44.